The van der Waals surface area contributed by atoms with Crippen molar-refractivity contribution in [2.75, 3.05) is 27.2 Å². The van der Waals surface area contributed by atoms with Gasteiger partial charge in [-0.25, -0.2) is 0 Å². The van der Waals surface area contributed by atoms with Crippen LogP contribution in [-0.4, -0.2) is 39.1 Å². The van der Waals surface area contributed by atoms with E-state index in [1.165, 1.54) is 0 Å². The molecule has 0 unspecified atom stereocenters. The standard InChI is InChI=1S/C16H26N4O2/c1-5-8-18-15(21)11-20-16(17-3)19-10-13-7-6-12(2)9-14(13)22-4/h6-7,9H,5,8,10-11H2,1-4H3,(H,18,21)(H2,17,19,20). The summed E-state index contributed by atoms with van der Waals surface area (Å²) >= 11 is 0. The van der Waals surface area contributed by atoms with Crippen molar-refractivity contribution >= 4 is 11.9 Å². The van der Waals surface area contributed by atoms with Crippen LogP contribution in [0.5, 0.6) is 5.75 Å². The van der Waals surface area contributed by atoms with Gasteiger partial charge in [0.1, 0.15) is 5.75 Å². The summed E-state index contributed by atoms with van der Waals surface area (Å²) in [5.74, 6) is 1.37. The lowest BCUT2D eigenvalue weighted by Gasteiger charge is -2.14. The van der Waals surface area contributed by atoms with Gasteiger partial charge in [0, 0.05) is 25.7 Å². The largest absolute Gasteiger partial charge is 0.496 e. The number of nitrogens with zero attached hydrogens (tertiary/aromatic N) is 1. The minimum absolute atomic E-state index is 0.0438. The van der Waals surface area contributed by atoms with Gasteiger partial charge in [0.25, 0.3) is 0 Å². The second kappa shape index (κ2) is 9.65. The van der Waals surface area contributed by atoms with Gasteiger partial charge < -0.3 is 20.7 Å². The minimum Gasteiger partial charge on any atom is -0.496 e. The van der Waals surface area contributed by atoms with Crippen LogP contribution in [0.3, 0.4) is 0 Å². The first-order valence-electron chi connectivity index (χ1n) is 7.45. The van der Waals surface area contributed by atoms with Gasteiger partial charge in [-0.2, -0.15) is 0 Å². The number of ether oxygens (including phenoxy) is 1. The van der Waals surface area contributed by atoms with Crippen LogP contribution in [0.25, 0.3) is 0 Å². The Morgan fingerprint density at radius 1 is 1.27 bits per heavy atom. The van der Waals surface area contributed by atoms with Crippen molar-refractivity contribution in [3.8, 4) is 5.75 Å². The van der Waals surface area contributed by atoms with E-state index < -0.39 is 0 Å². The van der Waals surface area contributed by atoms with E-state index in [4.69, 9.17) is 4.74 Å². The average molecular weight is 306 g/mol. The molecule has 1 amide bonds. The van der Waals surface area contributed by atoms with Gasteiger partial charge in [0.2, 0.25) is 5.91 Å². The highest BCUT2D eigenvalue weighted by molar-refractivity contribution is 5.86. The molecule has 122 valence electrons. The van der Waals surface area contributed by atoms with E-state index in [2.05, 4.69) is 20.9 Å². The maximum absolute atomic E-state index is 11.6. The van der Waals surface area contributed by atoms with E-state index >= 15 is 0 Å². The molecule has 0 fully saturated rings. The first kappa shape index (κ1) is 17.8. The number of methoxy groups -OCH3 is 1. The number of guanidine groups is 1. The van der Waals surface area contributed by atoms with Crippen molar-refractivity contribution < 1.29 is 9.53 Å². The van der Waals surface area contributed by atoms with Crippen LogP contribution < -0.4 is 20.7 Å². The van der Waals surface area contributed by atoms with Crippen molar-refractivity contribution in [2.24, 2.45) is 4.99 Å². The molecule has 0 atom stereocenters. The first-order valence-corrected chi connectivity index (χ1v) is 7.45. The molecule has 3 N–H and O–H groups in total. The number of rotatable bonds is 7. The predicted molar refractivity (Wildman–Crippen MR) is 89.2 cm³/mol. The minimum atomic E-state index is -0.0438. The molecule has 0 saturated heterocycles. The Kier molecular flexibility index (Phi) is 7.81. The maximum Gasteiger partial charge on any atom is 0.239 e. The zero-order valence-electron chi connectivity index (χ0n) is 13.8. The van der Waals surface area contributed by atoms with Gasteiger partial charge in [-0.3, -0.25) is 9.79 Å². The zero-order valence-corrected chi connectivity index (χ0v) is 13.8. The molecule has 0 radical (unpaired) electrons. The van der Waals surface area contributed by atoms with E-state index in [9.17, 15) is 4.79 Å². The lowest BCUT2D eigenvalue weighted by Crippen LogP contribution is -2.43. The fraction of sp³-hybridized carbons (Fsp3) is 0.500. The average Bonchev–Trinajstić information content (AvgIpc) is 2.53. The lowest BCUT2D eigenvalue weighted by atomic mass is 10.1. The number of hydrogen-bond donors (Lipinski definition) is 3. The van der Waals surface area contributed by atoms with Crippen molar-refractivity contribution in [1.29, 1.82) is 0 Å². The molecular weight excluding hydrogens is 280 g/mol. The number of nitrogens with one attached hydrogen (secondary N) is 3. The van der Waals surface area contributed by atoms with Crippen LogP contribution in [0.2, 0.25) is 0 Å². The van der Waals surface area contributed by atoms with Crippen LogP contribution in [0.15, 0.2) is 23.2 Å². The Morgan fingerprint density at radius 2 is 2.05 bits per heavy atom. The van der Waals surface area contributed by atoms with Crippen molar-refractivity contribution in [1.82, 2.24) is 16.0 Å². The summed E-state index contributed by atoms with van der Waals surface area (Å²) in [6, 6.07) is 6.04. The number of hydrogen-bond acceptors (Lipinski definition) is 3. The van der Waals surface area contributed by atoms with Crippen LogP contribution in [0.1, 0.15) is 24.5 Å². The molecular formula is C16H26N4O2. The van der Waals surface area contributed by atoms with E-state index in [0.717, 1.165) is 23.3 Å². The highest BCUT2D eigenvalue weighted by Gasteiger charge is 2.06. The topological polar surface area (TPSA) is 74.8 Å². The summed E-state index contributed by atoms with van der Waals surface area (Å²) in [4.78, 5) is 15.7. The number of benzene rings is 1. The Balaban J connectivity index is 2.49. The molecule has 6 heteroatoms. The lowest BCUT2D eigenvalue weighted by molar-refractivity contribution is -0.120. The Labute approximate surface area is 132 Å². The van der Waals surface area contributed by atoms with Gasteiger partial charge in [0.15, 0.2) is 5.96 Å². The van der Waals surface area contributed by atoms with Gasteiger partial charge in [-0.15, -0.1) is 0 Å². The Morgan fingerprint density at radius 3 is 2.68 bits per heavy atom. The van der Waals surface area contributed by atoms with E-state index in [0.29, 0.717) is 19.0 Å². The molecule has 1 aromatic rings. The van der Waals surface area contributed by atoms with Crippen LogP contribution in [-0.2, 0) is 11.3 Å². The molecule has 0 heterocycles. The van der Waals surface area contributed by atoms with Gasteiger partial charge in [-0.05, 0) is 25.0 Å². The molecule has 0 aliphatic rings. The smallest absolute Gasteiger partial charge is 0.239 e. The highest BCUT2D eigenvalue weighted by Crippen LogP contribution is 2.19. The van der Waals surface area contributed by atoms with E-state index in [1.54, 1.807) is 14.2 Å². The van der Waals surface area contributed by atoms with Gasteiger partial charge >= 0.3 is 0 Å². The summed E-state index contributed by atoms with van der Waals surface area (Å²) < 4.78 is 5.37. The number of carbonyl (C=O) groups is 1. The summed E-state index contributed by atoms with van der Waals surface area (Å²) in [6.45, 7) is 5.50. The van der Waals surface area contributed by atoms with E-state index in [-0.39, 0.29) is 12.5 Å². The normalized spacial score (nSPS) is 11.0. The SMILES string of the molecule is CCCNC(=O)CNC(=NC)NCc1ccc(C)cc1OC. The maximum atomic E-state index is 11.6. The summed E-state index contributed by atoms with van der Waals surface area (Å²) in [7, 11) is 3.33. The molecule has 1 aromatic carbocycles. The van der Waals surface area contributed by atoms with Gasteiger partial charge in [-0.1, -0.05) is 19.1 Å². The Hall–Kier alpha value is -2.24. The quantitative estimate of drug-likeness (QED) is 0.523. The third kappa shape index (κ3) is 6.03. The molecule has 0 bridgehead atoms. The second-order valence-corrected chi connectivity index (χ2v) is 4.94. The van der Waals surface area contributed by atoms with Crippen molar-refractivity contribution in [3.05, 3.63) is 29.3 Å². The highest BCUT2D eigenvalue weighted by atomic mass is 16.5. The zero-order chi connectivity index (χ0) is 16.4. The Bertz CT molecular complexity index is 515. The third-order valence-corrected chi connectivity index (χ3v) is 3.10. The molecule has 6 nitrogen and oxygen atoms in total. The number of aliphatic imine (C=N–C) groups is 1. The molecule has 0 aromatic heterocycles. The van der Waals surface area contributed by atoms with Crippen LogP contribution in [0.4, 0.5) is 0 Å². The molecule has 1 rings (SSSR count). The number of carbonyl (C=O) groups excluding carboxylic acids is 1. The molecule has 0 aliphatic heterocycles. The van der Waals surface area contributed by atoms with Crippen LogP contribution in [0, 0.1) is 6.92 Å². The van der Waals surface area contributed by atoms with Crippen molar-refractivity contribution in [3.63, 3.8) is 0 Å². The van der Waals surface area contributed by atoms with E-state index in [1.807, 2.05) is 32.0 Å². The number of aryl methyl sites for hydroxylation is 1. The summed E-state index contributed by atoms with van der Waals surface area (Å²) in [5, 5.41) is 8.96. The third-order valence-electron chi connectivity index (χ3n) is 3.10. The van der Waals surface area contributed by atoms with Crippen LogP contribution >= 0.6 is 0 Å². The second-order valence-electron chi connectivity index (χ2n) is 4.94. The number of amides is 1. The monoisotopic (exact) mass is 306 g/mol. The molecule has 22 heavy (non-hydrogen) atoms. The fourth-order valence-electron chi connectivity index (χ4n) is 1.89. The molecule has 0 aliphatic carbocycles. The summed E-state index contributed by atoms with van der Waals surface area (Å²) in [5.41, 5.74) is 2.18. The molecule has 0 spiro atoms. The van der Waals surface area contributed by atoms with Gasteiger partial charge in [0.05, 0.1) is 13.7 Å². The predicted octanol–water partition coefficient (Wildman–Crippen LogP) is 1.19. The molecule has 0 saturated carbocycles. The summed E-state index contributed by atoms with van der Waals surface area (Å²) in [6.07, 6.45) is 0.923. The fourth-order valence-corrected chi connectivity index (χ4v) is 1.89. The van der Waals surface area contributed by atoms with Crippen molar-refractivity contribution in [2.45, 2.75) is 26.8 Å². The first-order chi connectivity index (χ1) is 10.6.